The van der Waals surface area contributed by atoms with Crippen LogP contribution in [0.15, 0.2) is 0 Å². The molecule has 2 amide bonds. The molecular formula is C15H28N2O3. The molecule has 1 fully saturated rings. The minimum atomic E-state index is -0.591. The van der Waals surface area contributed by atoms with Crippen molar-refractivity contribution >= 4 is 11.8 Å². The van der Waals surface area contributed by atoms with Crippen LogP contribution in [0.25, 0.3) is 0 Å². The summed E-state index contributed by atoms with van der Waals surface area (Å²) in [5.41, 5.74) is -1.02. The topological polar surface area (TPSA) is 78.4 Å². The van der Waals surface area contributed by atoms with Crippen LogP contribution in [0, 0.1) is 5.41 Å². The van der Waals surface area contributed by atoms with Crippen molar-refractivity contribution in [3.8, 4) is 0 Å². The molecule has 20 heavy (non-hydrogen) atoms. The van der Waals surface area contributed by atoms with E-state index in [1.807, 2.05) is 20.8 Å². The average molecular weight is 284 g/mol. The van der Waals surface area contributed by atoms with Gasteiger partial charge in [0.05, 0.1) is 12.1 Å². The second-order valence-electron chi connectivity index (χ2n) is 6.93. The van der Waals surface area contributed by atoms with Crippen LogP contribution in [0.2, 0.25) is 0 Å². The van der Waals surface area contributed by atoms with Gasteiger partial charge in [0, 0.05) is 5.41 Å². The quantitative estimate of drug-likeness (QED) is 0.729. The van der Waals surface area contributed by atoms with Crippen molar-refractivity contribution < 1.29 is 14.7 Å². The Hall–Kier alpha value is -1.10. The van der Waals surface area contributed by atoms with E-state index in [1.54, 1.807) is 6.92 Å². The average Bonchev–Trinajstić information content (AvgIpc) is 2.38. The van der Waals surface area contributed by atoms with Crippen LogP contribution in [-0.2, 0) is 9.59 Å². The Labute approximate surface area is 121 Å². The van der Waals surface area contributed by atoms with Gasteiger partial charge in [-0.2, -0.15) is 0 Å². The Balaban J connectivity index is 2.58. The number of amides is 2. The van der Waals surface area contributed by atoms with E-state index in [0.29, 0.717) is 0 Å². The second kappa shape index (κ2) is 6.57. The summed E-state index contributed by atoms with van der Waals surface area (Å²) in [6.07, 6.45) is 4.78. The number of hydrogen-bond donors (Lipinski definition) is 3. The highest BCUT2D eigenvalue weighted by molar-refractivity contribution is 5.89. The van der Waals surface area contributed by atoms with E-state index in [1.165, 1.54) is 0 Å². The molecule has 1 aliphatic rings. The highest BCUT2D eigenvalue weighted by atomic mass is 16.3. The summed E-state index contributed by atoms with van der Waals surface area (Å²) in [4.78, 5) is 24.1. The summed E-state index contributed by atoms with van der Waals surface area (Å²) < 4.78 is 0. The predicted molar refractivity (Wildman–Crippen MR) is 78.1 cm³/mol. The number of hydrogen-bond acceptors (Lipinski definition) is 3. The van der Waals surface area contributed by atoms with E-state index in [9.17, 15) is 14.7 Å². The number of carbonyl (C=O) groups excluding carboxylic acids is 2. The number of carbonyl (C=O) groups is 2. The lowest BCUT2D eigenvalue weighted by atomic mass is 9.82. The van der Waals surface area contributed by atoms with Gasteiger partial charge in [-0.1, -0.05) is 40.0 Å². The van der Waals surface area contributed by atoms with Gasteiger partial charge in [0.1, 0.15) is 6.04 Å². The predicted octanol–water partition coefficient (Wildman–Crippen LogP) is 1.35. The molecule has 1 atom stereocenters. The van der Waals surface area contributed by atoms with Crippen molar-refractivity contribution in [3.05, 3.63) is 0 Å². The maximum atomic E-state index is 12.2. The van der Waals surface area contributed by atoms with Crippen LogP contribution in [0.4, 0.5) is 0 Å². The normalized spacial score (nSPS) is 20.1. The molecule has 5 heteroatoms. The molecule has 5 nitrogen and oxygen atoms in total. The van der Waals surface area contributed by atoms with Crippen molar-refractivity contribution in [2.24, 2.45) is 5.41 Å². The lowest BCUT2D eigenvalue weighted by Gasteiger charge is -2.37. The van der Waals surface area contributed by atoms with Gasteiger partial charge in [-0.05, 0) is 19.8 Å². The molecule has 1 unspecified atom stereocenters. The van der Waals surface area contributed by atoms with Crippen molar-refractivity contribution in [3.63, 3.8) is 0 Å². The maximum Gasteiger partial charge on any atom is 0.242 e. The van der Waals surface area contributed by atoms with E-state index < -0.39 is 17.0 Å². The molecule has 0 spiro atoms. The van der Waals surface area contributed by atoms with E-state index in [2.05, 4.69) is 10.6 Å². The van der Waals surface area contributed by atoms with Gasteiger partial charge in [-0.3, -0.25) is 9.59 Å². The number of aliphatic hydroxyl groups excluding tert-OH is 1. The summed E-state index contributed by atoms with van der Waals surface area (Å²) in [6, 6.07) is -0.591. The molecule has 0 heterocycles. The molecule has 0 aromatic carbocycles. The van der Waals surface area contributed by atoms with Gasteiger partial charge in [0.15, 0.2) is 0 Å². The molecule has 0 radical (unpaired) electrons. The Morgan fingerprint density at radius 1 is 1.20 bits per heavy atom. The van der Waals surface area contributed by atoms with Crippen molar-refractivity contribution in [2.75, 3.05) is 6.61 Å². The third-order valence-electron chi connectivity index (χ3n) is 3.92. The first-order valence-corrected chi connectivity index (χ1v) is 7.44. The van der Waals surface area contributed by atoms with Crippen LogP contribution in [0.5, 0.6) is 0 Å². The SMILES string of the molecule is CC(NC(=O)C(C)(C)C)C(=O)NC1(CO)CCCCC1. The minimum absolute atomic E-state index is 0.0430. The highest BCUT2D eigenvalue weighted by Gasteiger charge is 2.34. The molecule has 0 aliphatic heterocycles. The van der Waals surface area contributed by atoms with Crippen LogP contribution >= 0.6 is 0 Å². The fourth-order valence-corrected chi connectivity index (χ4v) is 2.40. The van der Waals surface area contributed by atoms with Crippen LogP contribution in [0.1, 0.15) is 59.8 Å². The summed E-state index contributed by atoms with van der Waals surface area (Å²) in [5.74, 6) is -0.375. The molecule has 1 rings (SSSR count). The summed E-state index contributed by atoms with van der Waals surface area (Å²) in [5, 5.41) is 15.2. The Kier molecular flexibility index (Phi) is 5.57. The molecule has 0 aromatic rings. The van der Waals surface area contributed by atoms with Gasteiger partial charge in [0.2, 0.25) is 11.8 Å². The van der Waals surface area contributed by atoms with Crippen molar-refractivity contribution in [2.45, 2.75) is 71.4 Å². The maximum absolute atomic E-state index is 12.2. The Bertz CT molecular complexity index is 355. The standard InChI is InChI=1S/C15H28N2O3/c1-11(16-13(20)14(2,3)4)12(19)17-15(10-18)8-6-5-7-9-15/h11,18H,5-10H2,1-4H3,(H,16,20)(H,17,19). The van der Waals surface area contributed by atoms with E-state index in [4.69, 9.17) is 0 Å². The first kappa shape index (κ1) is 17.0. The summed E-state index contributed by atoms with van der Waals surface area (Å²) in [7, 11) is 0. The zero-order valence-electron chi connectivity index (χ0n) is 13.1. The third kappa shape index (κ3) is 4.47. The summed E-state index contributed by atoms with van der Waals surface area (Å²) >= 11 is 0. The molecule has 0 saturated heterocycles. The molecule has 3 N–H and O–H groups in total. The zero-order valence-corrected chi connectivity index (χ0v) is 13.1. The fraction of sp³-hybridized carbons (Fsp3) is 0.867. The smallest absolute Gasteiger partial charge is 0.242 e. The van der Waals surface area contributed by atoms with Gasteiger partial charge in [0.25, 0.3) is 0 Å². The van der Waals surface area contributed by atoms with Gasteiger partial charge in [-0.15, -0.1) is 0 Å². The zero-order chi connectivity index (χ0) is 15.4. The van der Waals surface area contributed by atoms with Gasteiger partial charge >= 0.3 is 0 Å². The molecular weight excluding hydrogens is 256 g/mol. The van der Waals surface area contributed by atoms with Gasteiger partial charge in [-0.25, -0.2) is 0 Å². The Morgan fingerprint density at radius 3 is 2.20 bits per heavy atom. The van der Waals surface area contributed by atoms with Crippen molar-refractivity contribution in [1.82, 2.24) is 10.6 Å². The fourth-order valence-electron chi connectivity index (χ4n) is 2.40. The monoisotopic (exact) mass is 284 g/mol. The third-order valence-corrected chi connectivity index (χ3v) is 3.92. The van der Waals surface area contributed by atoms with E-state index in [-0.39, 0.29) is 18.4 Å². The number of nitrogens with one attached hydrogen (secondary N) is 2. The minimum Gasteiger partial charge on any atom is -0.394 e. The van der Waals surface area contributed by atoms with Crippen LogP contribution < -0.4 is 10.6 Å². The largest absolute Gasteiger partial charge is 0.394 e. The lowest BCUT2D eigenvalue weighted by Crippen LogP contribution is -2.58. The van der Waals surface area contributed by atoms with Crippen LogP contribution in [0.3, 0.4) is 0 Å². The van der Waals surface area contributed by atoms with E-state index in [0.717, 1.165) is 32.1 Å². The van der Waals surface area contributed by atoms with Crippen molar-refractivity contribution in [1.29, 1.82) is 0 Å². The van der Waals surface area contributed by atoms with Crippen LogP contribution in [-0.4, -0.2) is 35.1 Å². The molecule has 1 aliphatic carbocycles. The first-order chi connectivity index (χ1) is 9.20. The van der Waals surface area contributed by atoms with Gasteiger partial charge < -0.3 is 15.7 Å². The lowest BCUT2D eigenvalue weighted by molar-refractivity contribution is -0.134. The second-order valence-corrected chi connectivity index (χ2v) is 6.93. The molecule has 116 valence electrons. The van der Waals surface area contributed by atoms with E-state index >= 15 is 0 Å². The molecule has 0 bridgehead atoms. The Morgan fingerprint density at radius 2 is 1.75 bits per heavy atom. The first-order valence-electron chi connectivity index (χ1n) is 7.44. The molecule has 1 saturated carbocycles. The number of aliphatic hydroxyl groups is 1. The summed E-state index contributed by atoms with van der Waals surface area (Å²) in [6.45, 7) is 7.06. The number of rotatable bonds is 4. The highest BCUT2D eigenvalue weighted by Crippen LogP contribution is 2.27. The molecule has 0 aromatic heterocycles.